The third-order valence-corrected chi connectivity index (χ3v) is 8.02. The van der Waals surface area contributed by atoms with Gasteiger partial charge in [-0.3, -0.25) is 28.9 Å². The first-order chi connectivity index (χ1) is 18.1. The van der Waals surface area contributed by atoms with Gasteiger partial charge in [0.1, 0.15) is 10.5 Å². The van der Waals surface area contributed by atoms with Crippen molar-refractivity contribution in [2.45, 2.75) is 39.2 Å². The van der Waals surface area contributed by atoms with Crippen LogP contribution >= 0.6 is 11.3 Å². The first-order valence-corrected chi connectivity index (χ1v) is 13.3. The maximum atomic E-state index is 13.0. The molecule has 5 rings (SSSR count). The van der Waals surface area contributed by atoms with E-state index >= 15 is 0 Å². The fourth-order valence-electron chi connectivity index (χ4n) is 4.77. The van der Waals surface area contributed by atoms with Crippen molar-refractivity contribution in [3.63, 3.8) is 0 Å². The smallest absolute Gasteiger partial charge is 0.276 e. The van der Waals surface area contributed by atoms with Gasteiger partial charge < -0.3 is 10.6 Å². The van der Waals surface area contributed by atoms with Crippen molar-refractivity contribution >= 4 is 40.0 Å². The number of carbonyl (C=O) groups is 3. The van der Waals surface area contributed by atoms with E-state index in [2.05, 4.69) is 44.6 Å². The van der Waals surface area contributed by atoms with E-state index in [0.29, 0.717) is 34.7 Å². The summed E-state index contributed by atoms with van der Waals surface area (Å²) in [5.74, 6) is -0.638. The molecule has 12 heteroatoms. The number of nitrogens with one attached hydrogen (secondary N) is 2. The molecule has 2 amide bonds. The predicted molar refractivity (Wildman–Crippen MR) is 145 cm³/mol. The van der Waals surface area contributed by atoms with Crippen molar-refractivity contribution in [1.82, 2.24) is 34.6 Å². The second kappa shape index (κ2) is 10.1. The van der Waals surface area contributed by atoms with E-state index in [4.69, 9.17) is 0 Å². The first kappa shape index (κ1) is 25.7. The maximum Gasteiger partial charge on any atom is 0.276 e. The van der Waals surface area contributed by atoms with Crippen LogP contribution < -0.4 is 10.6 Å². The standard InChI is InChI=1S/C26H30N8O3S/c1-16-19(10-17(12-28-16)24(36)27-7-9-33-8-5-6-26(33,2)3)29-25(37)20-11-23-34(31-20)14-22(38-23)18-13-32(4)30-21(18)15-35/h10-15H,5-9H2,1-4H3,(H,27,36)(H,29,37). The third-order valence-electron chi connectivity index (χ3n) is 6.96. The molecule has 0 aliphatic carbocycles. The van der Waals surface area contributed by atoms with Gasteiger partial charge >= 0.3 is 0 Å². The van der Waals surface area contributed by atoms with E-state index in [1.165, 1.54) is 24.0 Å². The lowest BCUT2D eigenvalue weighted by Crippen LogP contribution is -2.43. The van der Waals surface area contributed by atoms with E-state index < -0.39 is 5.91 Å². The Kier molecular flexibility index (Phi) is 6.84. The molecule has 4 aromatic rings. The molecule has 1 aliphatic rings. The highest BCUT2D eigenvalue weighted by Gasteiger charge is 2.31. The number of aldehydes is 1. The summed E-state index contributed by atoms with van der Waals surface area (Å²) in [6.45, 7) is 8.60. The van der Waals surface area contributed by atoms with E-state index in [-0.39, 0.29) is 17.1 Å². The minimum Gasteiger partial charge on any atom is -0.351 e. The number of likely N-dealkylation sites (tertiary alicyclic amines) is 1. The molecule has 5 heterocycles. The average molecular weight is 535 g/mol. The molecule has 0 radical (unpaired) electrons. The molecule has 1 saturated heterocycles. The van der Waals surface area contributed by atoms with Crippen LogP contribution in [0.2, 0.25) is 0 Å². The highest BCUT2D eigenvalue weighted by molar-refractivity contribution is 7.20. The molecule has 0 spiro atoms. The van der Waals surface area contributed by atoms with Gasteiger partial charge in [-0.05, 0) is 46.2 Å². The maximum absolute atomic E-state index is 13.0. The van der Waals surface area contributed by atoms with Gasteiger partial charge in [-0.2, -0.15) is 10.2 Å². The van der Waals surface area contributed by atoms with Crippen molar-refractivity contribution < 1.29 is 14.4 Å². The first-order valence-electron chi connectivity index (χ1n) is 12.4. The molecule has 38 heavy (non-hydrogen) atoms. The Hall–Kier alpha value is -3.90. The summed E-state index contributed by atoms with van der Waals surface area (Å²) < 4.78 is 3.19. The average Bonchev–Trinajstić information content (AvgIpc) is 3.62. The van der Waals surface area contributed by atoms with Crippen LogP contribution in [0, 0.1) is 6.92 Å². The number of nitrogens with zero attached hydrogens (tertiary/aromatic N) is 6. The lowest BCUT2D eigenvalue weighted by atomic mass is 10.0. The number of thiazole rings is 1. The number of aromatic nitrogens is 5. The van der Waals surface area contributed by atoms with E-state index in [1.54, 1.807) is 47.7 Å². The number of anilines is 1. The molecule has 2 N–H and O–H groups in total. The molecule has 0 bridgehead atoms. The van der Waals surface area contributed by atoms with Crippen LogP contribution in [0.3, 0.4) is 0 Å². The number of aryl methyl sites for hydroxylation is 2. The van der Waals surface area contributed by atoms with Crippen LogP contribution in [0.4, 0.5) is 5.69 Å². The number of amides is 2. The van der Waals surface area contributed by atoms with Gasteiger partial charge in [0.05, 0.1) is 21.8 Å². The van der Waals surface area contributed by atoms with Gasteiger partial charge in [0.25, 0.3) is 11.8 Å². The Morgan fingerprint density at radius 3 is 2.71 bits per heavy atom. The summed E-state index contributed by atoms with van der Waals surface area (Å²) in [7, 11) is 1.75. The number of fused-ring (bicyclic) bond motifs is 1. The van der Waals surface area contributed by atoms with Crippen molar-refractivity contribution in [3.8, 4) is 10.4 Å². The zero-order valence-corrected chi connectivity index (χ0v) is 22.6. The highest BCUT2D eigenvalue weighted by atomic mass is 32.1. The lowest BCUT2D eigenvalue weighted by Gasteiger charge is -2.31. The Balaban J connectivity index is 1.25. The Morgan fingerprint density at radius 1 is 1.18 bits per heavy atom. The summed E-state index contributed by atoms with van der Waals surface area (Å²) >= 11 is 1.40. The molecule has 11 nitrogen and oxygen atoms in total. The molecular weight excluding hydrogens is 504 g/mol. The number of hydrogen-bond donors (Lipinski definition) is 2. The lowest BCUT2D eigenvalue weighted by molar-refractivity contribution is 0.0938. The van der Waals surface area contributed by atoms with Crippen LogP contribution in [0.25, 0.3) is 15.3 Å². The Labute approximate surface area is 223 Å². The quantitative estimate of drug-likeness (QED) is 0.333. The highest BCUT2D eigenvalue weighted by Crippen LogP contribution is 2.31. The molecular formula is C26H30N8O3S. The minimum absolute atomic E-state index is 0.161. The molecule has 0 saturated carbocycles. The molecule has 198 valence electrons. The minimum atomic E-state index is -0.406. The van der Waals surface area contributed by atoms with Gasteiger partial charge in [-0.25, -0.2) is 4.52 Å². The van der Waals surface area contributed by atoms with Crippen LogP contribution in [0.1, 0.15) is 63.7 Å². The summed E-state index contributed by atoms with van der Waals surface area (Å²) in [6.07, 6.45) is 8.10. The normalized spacial score (nSPS) is 15.2. The van der Waals surface area contributed by atoms with Gasteiger partial charge in [0, 0.05) is 55.9 Å². The molecule has 1 aliphatic heterocycles. The van der Waals surface area contributed by atoms with E-state index in [0.717, 1.165) is 35.5 Å². The fraction of sp³-hybridized carbons (Fsp3) is 0.385. The monoisotopic (exact) mass is 534 g/mol. The number of pyridine rings is 1. The van der Waals surface area contributed by atoms with E-state index in [9.17, 15) is 14.4 Å². The fourth-order valence-corrected chi connectivity index (χ4v) is 5.77. The van der Waals surface area contributed by atoms with Crippen LogP contribution in [-0.2, 0) is 7.05 Å². The van der Waals surface area contributed by atoms with Crippen LogP contribution in [0.5, 0.6) is 0 Å². The topological polar surface area (TPSA) is 127 Å². The van der Waals surface area contributed by atoms with Gasteiger partial charge in [-0.15, -0.1) is 11.3 Å². The van der Waals surface area contributed by atoms with Crippen molar-refractivity contribution in [3.05, 3.63) is 53.4 Å². The number of hydrogen-bond acceptors (Lipinski definition) is 8. The zero-order valence-electron chi connectivity index (χ0n) is 21.8. The van der Waals surface area contributed by atoms with Crippen molar-refractivity contribution in [1.29, 1.82) is 0 Å². The van der Waals surface area contributed by atoms with E-state index in [1.807, 2.05) is 0 Å². The SMILES string of the molecule is Cc1ncc(C(=O)NCCN2CCCC2(C)C)cc1NC(=O)c1cc2sc(-c3cn(C)nc3C=O)cn2n1. The van der Waals surface area contributed by atoms with Gasteiger partial charge in [0.15, 0.2) is 12.0 Å². The molecule has 4 aromatic heterocycles. The van der Waals surface area contributed by atoms with Gasteiger partial charge in [0.2, 0.25) is 0 Å². The Morgan fingerprint density at radius 2 is 2.00 bits per heavy atom. The summed E-state index contributed by atoms with van der Waals surface area (Å²) in [5.41, 5.74) is 2.87. The third kappa shape index (κ3) is 5.09. The summed E-state index contributed by atoms with van der Waals surface area (Å²) in [4.78, 5) is 45.3. The van der Waals surface area contributed by atoms with Crippen molar-refractivity contribution in [2.75, 3.05) is 25.0 Å². The molecule has 0 unspecified atom stereocenters. The van der Waals surface area contributed by atoms with Crippen LogP contribution in [-0.4, -0.2) is 72.6 Å². The molecule has 0 aromatic carbocycles. The number of rotatable bonds is 8. The predicted octanol–water partition coefficient (Wildman–Crippen LogP) is 3.17. The summed E-state index contributed by atoms with van der Waals surface area (Å²) in [5, 5.41) is 14.3. The van der Waals surface area contributed by atoms with Crippen molar-refractivity contribution in [2.24, 2.45) is 7.05 Å². The number of carbonyl (C=O) groups excluding carboxylic acids is 3. The summed E-state index contributed by atoms with van der Waals surface area (Å²) in [6, 6.07) is 3.31. The van der Waals surface area contributed by atoms with Crippen LogP contribution in [0.15, 0.2) is 30.7 Å². The van der Waals surface area contributed by atoms with Gasteiger partial charge in [-0.1, -0.05) is 0 Å². The molecule has 1 fully saturated rings. The second-order valence-electron chi connectivity index (χ2n) is 10.1. The second-order valence-corrected chi connectivity index (χ2v) is 11.2. The zero-order chi connectivity index (χ0) is 27.0. The molecule has 0 atom stereocenters. The Bertz CT molecular complexity index is 1500. The largest absolute Gasteiger partial charge is 0.351 e.